The molecule has 0 fully saturated rings. The third-order valence-electron chi connectivity index (χ3n) is 3.19. The molecule has 1 rings (SSSR count). The van der Waals surface area contributed by atoms with E-state index in [-0.39, 0.29) is 18.9 Å². The van der Waals surface area contributed by atoms with E-state index >= 15 is 0 Å². The first-order valence-corrected chi connectivity index (χ1v) is 7.90. The average Bonchev–Trinajstić information content (AvgIpc) is 2.61. The molecule has 0 aromatic heterocycles. The van der Waals surface area contributed by atoms with Gasteiger partial charge in [-0.25, -0.2) is 34.2 Å². The minimum Gasteiger partial charge on any atom is -0.448 e. The average molecular weight is 352 g/mol. The molecule has 25 heavy (non-hydrogen) atoms. The summed E-state index contributed by atoms with van der Waals surface area (Å²) >= 11 is 0. The van der Waals surface area contributed by atoms with Crippen LogP contribution in [0.15, 0.2) is 30.3 Å². The fourth-order valence-corrected chi connectivity index (χ4v) is 1.65. The number of ether oxygens (including phenoxy) is 1. The summed E-state index contributed by atoms with van der Waals surface area (Å²) < 4.78 is 4.98. The van der Waals surface area contributed by atoms with Gasteiger partial charge in [0.25, 0.3) is 0 Å². The molecule has 8 heteroatoms. The van der Waals surface area contributed by atoms with Crippen LogP contribution in [0.25, 0.3) is 0 Å². The Morgan fingerprint density at radius 3 is 2.16 bits per heavy atom. The van der Waals surface area contributed by atoms with E-state index in [4.69, 9.17) is 4.74 Å². The Bertz CT molecular complexity index is 576. The molecule has 0 bridgehead atoms. The largest absolute Gasteiger partial charge is 0.471 e. The Balaban J connectivity index is 2.34. The maximum absolute atomic E-state index is 11.8. The molecule has 1 aromatic carbocycles. The molecular weight excluding hydrogens is 328 g/mol. The first-order valence-electron chi connectivity index (χ1n) is 7.90. The normalized spacial score (nSPS) is 10.1. The van der Waals surface area contributed by atoms with Gasteiger partial charge in [-0.3, -0.25) is 0 Å². The van der Waals surface area contributed by atoms with Gasteiger partial charge in [-0.15, -0.1) is 0 Å². The van der Waals surface area contributed by atoms with Gasteiger partial charge in [0.1, 0.15) is 0 Å². The summed E-state index contributed by atoms with van der Waals surface area (Å²) in [5, 5.41) is 1.76. The third kappa shape index (κ3) is 7.56. The minimum absolute atomic E-state index is 0.0628. The molecule has 138 valence electrons. The van der Waals surface area contributed by atoms with Crippen LogP contribution >= 0.6 is 0 Å². The predicted octanol–water partition coefficient (Wildman–Crippen LogP) is 2.79. The van der Waals surface area contributed by atoms with Crippen molar-refractivity contribution in [1.29, 1.82) is 0 Å². The zero-order valence-corrected chi connectivity index (χ0v) is 14.9. The maximum Gasteiger partial charge on any atom is 0.471 e. The fraction of sp³-hybridized carbons (Fsp3) is 0.471. The Kier molecular flexibility index (Phi) is 8.25. The minimum atomic E-state index is -1.02. The Morgan fingerprint density at radius 2 is 1.56 bits per heavy atom. The van der Waals surface area contributed by atoms with Gasteiger partial charge in [0, 0.05) is 14.1 Å². The summed E-state index contributed by atoms with van der Waals surface area (Å²) in [5.74, 6) is -0.518. The molecule has 0 spiro atoms. The van der Waals surface area contributed by atoms with E-state index in [0.717, 1.165) is 15.6 Å². The van der Waals surface area contributed by atoms with E-state index in [1.165, 1.54) is 14.1 Å². The van der Waals surface area contributed by atoms with E-state index in [1.807, 2.05) is 44.2 Å². The van der Waals surface area contributed by atoms with Crippen LogP contribution in [0.4, 0.5) is 9.59 Å². The number of carbonyl (C=O) groups is 3. The summed E-state index contributed by atoms with van der Waals surface area (Å²) in [6.45, 7) is 4.00. The number of hydrazine groups is 1. The van der Waals surface area contributed by atoms with Gasteiger partial charge >= 0.3 is 18.2 Å². The third-order valence-corrected chi connectivity index (χ3v) is 3.19. The second-order valence-corrected chi connectivity index (χ2v) is 5.81. The van der Waals surface area contributed by atoms with Crippen molar-refractivity contribution in [1.82, 2.24) is 10.0 Å². The Morgan fingerprint density at radius 1 is 0.960 bits per heavy atom. The number of carbonyl (C=O) groups excluding carboxylic acids is 3. The molecule has 0 heterocycles. The molecule has 8 nitrogen and oxygen atoms in total. The van der Waals surface area contributed by atoms with Crippen molar-refractivity contribution in [3.8, 4) is 0 Å². The second kappa shape index (κ2) is 10.2. The summed E-state index contributed by atoms with van der Waals surface area (Å²) in [4.78, 5) is 44.0. The highest BCUT2D eigenvalue weighted by molar-refractivity contribution is 5.75. The van der Waals surface area contributed by atoms with E-state index in [9.17, 15) is 14.4 Å². The van der Waals surface area contributed by atoms with Gasteiger partial charge < -0.3 is 4.74 Å². The highest BCUT2D eigenvalue weighted by atomic mass is 17.2. The van der Waals surface area contributed by atoms with Crippen LogP contribution in [0.5, 0.6) is 0 Å². The van der Waals surface area contributed by atoms with Crippen LogP contribution in [0.3, 0.4) is 0 Å². The molecule has 0 radical (unpaired) electrons. The Hall–Kier alpha value is -2.77. The quantitative estimate of drug-likeness (QED) is 0.598. The number of benzene rings is 1. The van der Waals surface area contributed by atoms with Crippen LogP contribution in [0, 0.1) is 5.92 Å². The van der Waals surface area contributed by atoms with Crippen molar-refractivity contribution in [2.45, 2.75) is 26.7 Å². The highest BCUT2D eigenvalue weighted by Gasteiger charge is 2.23. The van der Waals surface area contributed by atoms with Gasteiger partial charge in [0.2, 0.25) is 0 Å². The number of amides is 2. The molecule has 0 saturated carbocycles. The van der Waals surface area contributed by atoms with E-state index < -0.39 is 18.2 Å². The standard InChI is InChI=1S/C17H24N2O6/c1-13(2)12-23-16(21)18(3)19(4)17(22)25-24-15(20)11-10-14-8-6-5-7-9-14/h5-9,13H,10-12H2,1-4H3. The van der Waals surface area contributed by atoms with Gasteiger partial charge in [-0.2, -0.15) is 0 Å². The lowest BCUT2D eigenvalue weighted by molar-refractivity contribution is -0.240. The number of nitrogens with zero attached hydrogens (tertiary/aromatic N) is 2. The second-order valence-electron chi connectivity index (χ2n) is 5.81. The van der Waals surface area contributed by atoms with E-state index in [2.05, 4.69) is 9.78 Å². The first kappa shape index (κ1) is 20.3. The Labute approximate surface area is 147 Å². The van der Waals surface area contributed by atoms with Crippen molar-refractivity contribution in [3.63, 3.8) is 0 Å². The van der Waals surface area contributed by atoms with Gasteiger partial charge in [0.15, 0.2) is 0 Å². The molecule has 0 saturated heterocycles. The summed E-state index contributed by atoms with van der Waals surface area (Å²) in [5.41, 5.74) is 0.968. The lowest BCUT2D eigenvalue weighted by Gasteiger charge is -2.25. The molecule has 0 unspecified atom stereocenters. The first-order chi connectivity index (χ1) is 11.8. The number of hydrogen-bond donors (Lipinski definition) is 0. The molecule has 2 amide bonds. The smallest absolute Gasteiger partial charge is 0.448 e. The van der Waals surface area contributed by atoms with Crippen LogP contribution in [-0.2, 0) is 25.7 Å². The topological polar surface area (TPSA) is 85.4 Å². The summed E-state index contributed by atoms with van der Waals surface area (Å²) in [6, 6.07) is 9.37. The summed E-state index contributed by atoms with van der Waals surface area (Å²) in [6.07, 6.45) is -1.21. The summed E-state index contributed by atoms with van der Waals surface area (Å²) in [7, 11) is 2.62. The molecule has 0 aliphatic rings. The lowest BCUT2D eigenvalue weighted by atomic mass is 10.1. The van der Waals surface area contributed by atoms with E-state index in [0.29, 0.717) is 6.42 Å². The maximum atomic E-state index is 11.8. The van der Waals surface area contributed by atoms with Crippen LogP contribution < -0.4 is 0 Å². The monoisotopic (exact) mass is 352 g/mol. The predicted molar refractivity (Wildman–Crippen MR) is 89.0 cm³/mol. The van der Waals surface area contributed by atoms with Gasteiger partial charge in [-0.1, -0.05) is 44.2 Å². The van der Waals surface area contributed by atoms with Crippen molar-refractivity contribution in [2.24, 2.45) is 5.92 Å². The zero-order chi connectivity index (χ0) is 18.8. The fourth-order valence-electron chi connectivity index (χ4n) is 1.65. The van der Waals surface area contributed by atoms with Crippen LogP contribution in [-0.4, -0.2) is 48.9 Å². The SMILES string of the molecule is CC(C)COC(=O)N(C)N(C)C(=O)OOC(=O)CCc1ccccc1. The van der Waals surface area contributed by atoms with Crippen molar-refractivity contribution >= 4 is 18.2 Å². The van der Waals surface area contributed by atoms with Crippen molar-refractivity contribution < 1.29 is 28.9 Å². The molecule has 1 aromatic rings. The van der Waals surface area contributed by atoms with Gasteiger partial charge in [-0.05, 0) is 17.9 Å². The highest BCUT2D eigenvalue weighted by Crippen LogP contribution is 2.05. The molecule has 0 N–H and O–H groups in total. The van der Waals surface area contributed by atoms with Gasteiger partial charge in [0.05, 0.1) is 13.0 Å². The van der Waals surface area contributed by atoms with Crippen LogP contribution in [0.1, 0.15) is 25.8 Å². The molecular formula is C17H24N2O6. The molecule has 0 atom stereocenters. The number of hydrogen-bond acceptors (Lipinski definition) is 6. The van der Waals surface area contributed by atoms with Crippen molar-refractivity contribution in [3.05, 3.63) is 35.9 Å². The van der Waals surface area contributed by atoms with Crippen LogP contribution in [0.2, 0.25) is 0 Å². The lowest BCUT2D eigenvalue weighted by Crippen LogP contribution is -2.45. The van der Waals surface area contributed by atoms with Crippen molar-refractivity contribution in [2.75, 3.05) is 20.7 Å². The van der Waals surface area contributed by atoms with E-state index in [1.54, 1.807) is 0 Å². The zero-order valence-electron chi connectivity index (χ0n) is 14.9. The molecule has 0 aliphatic heterocycles. The molecule has 0 aliphatic carbocycles. The number of rotatable bonds is 5. The number of aryl methyl sites for hydroxylation is 1.